The molecular weight excluding hydrogens is 893 g/mol. The van der Waals surface area contributed by atoms with Crippen molar-refractivity contribution in [1.82, 2.24) is 0 Å². The Hall–Kier alpha value is -4.09. The zero-order valence-electron chi connectivity index (χ0n) is 36.7. The van der Waals surface area contributed by atoms with Crippen LogP contribution < -0.4 is 4.90 Å². The lowest BCUT2D eigenvalue weighted by atomic mass is 9.76. The Morgan fingerprint density at radius 1 is 0.703 bits per heavy atom. The van der Waals surface area contributed by atoms with E-state index in [1.165, 1.54) is 24.3 Å². The van der Waals surface area contributed by atoms with E-state index in [1.54, 1.807) is 44.6 Å². The zero-order valence-corrected chi connectivity index (χ0v) is 39.2. The van der Waals surface area contributed by atoms with E-state index in [-0.39, 0.29) is 29.1 Å². The summed E-state index contributed by atoms with van der Waals surface area (Å²) in [6.45, 7) is 7.01. The molecule has 2 aliphatic heterocycles. The van der Waals surface area contributed by atoms with Gasteiger partial charge in [0.25, 0.3) is 30.4 Å². The molecule has 0 saturated heterocycles. The molecule has 4 N–H and O–H groups in total. The third-order valence-corrected chi connectivity index (χ3v) is 13.9. The molecule has 354 valence electrons. The minimum absolute atomic E-state index is 0.0136. The van der Waals surface area contributed by atoms with E-state index in [0.717, 1.165) is 11.4 Å². The highest BCUT2D eigenvalue weighted by molar-refractivity contribution is 7.86. The van der Waals surface area contributed by atoms with Gasteiger partial charge in [0.2, 0.25) is 5.69 Å². The van der Waals surface area contributed by atoms with Crippen molar-refractivity contribution in [2.75, 3.05) is 77.6 Å². The number of allylic oxidation sites excluding steroid dienone is 8. The van der Waals surface area contributed by atoms with Gasteiger partial charge in [0.15, 0.2) is 5.71 Å². The Bertz CT molecular complexity index is 2450. The van der Waals surface area contributed by atoms with Crippen LogP contribution in [0, 0.1) is 0 Å². The fourth-order valence-corrected chi connectivity index (χ4v) is 9.65. The van der Waals surface area contributed by atoms with Crippen LogP contribution in [0.3, 0.4) is 0 Å². The molecule has 2 aromatic carbocycles. The van der Waals surface area contributed by atoms with Crippen molar-refractivity contribution in [3.63, 3.8) is 0 Å². The molecule has 2 aromatic rings. The molecular formula is C44H61N2O15S3+. The number of anilines is 1. The third-order valence-electron chi connectivity index (χ3n) is 11.4. The predicted octanol–water partition coefficient (Wildman–Crippen LogP) is 5.90. The van der Waals surface area contributed by atoms with Crippen LogP contribution in [0.15, 0.2) is 94.4 Å². The second-order valence-electron chi connectivity index (χ2n) is 15.9. The molecule has 2 atom stereocenters. The first-order chi connectivity index (χ1) is 30.2. The maximum absolute atomic E-state index is 12.3. The summed E-state index contributed by atoms with van der Waals surface area (Å²) < 4.78 is 126. The molecule has 0 bridgehead atoms. The van der Waals surface area contributed by atoms with Crippen molar-refractivity contribution in [2.24, 2.45) is 0 Å². The molecule has 2 unspecified atom stereocenters. The third kappa shape index (κ3) is 14.2. The highest BCUT2D eigenvalue weighted by Crippen LogP contribution is 2.51. The fraction of sp³-hybridized carbons (Fsp3) is 0.500. The Kier molecular flexibility index (Phi) is 19.2. The number of aliphatic carboxylic acids is 1. The number of ether oxygens (including phenoxy) is 4. The largest absolute Gasteiger partial charge is 0.481 e. The van der Waals surface area contributed by atoms with Crippen LogP contribution in [0.25, 0.3) is 0 Å². The number of carbonyl (C=O) groups is 1. The molecule has 0 aliphatic carbocycles. The van der Waals surface area contributed by atoms with Crippen molar-refractivity contribution in [3.05, 3.63) is 95.8 Å². The van der Waals surface area contributed by atoms with Gasteiger partial charge in [-0.05, 0) is 87.9 Å². The molecule has 2 heterocycles. The zero-order chi connectivity index (χ0) is 47.2. The Labute approximate surface area is 377 Å². The number of methoxy groups -OCH3 is 2. The van der Waals surface area contributed by atoms with Crippen molar-refractivity contribution in [2.45, 2.75) is 79.4 Å². The minimum Gasteiger partial charge on any atom is -0.481 e. The van der Waals surface area contributed by atoms with E-state index < -0.39 is 52.9 Å². The summed E-state index contributed by atoms with van der Waals surface area (Å²) in [6, 6.07) is 8.79. The van der Waals surface area contributed by atoms with Crippen molar-refractivity contribution in [3.8, 4) is 0 Å². The lowest BCUT2D eigenvalue weighted by molar-refractivity contribution is -0.438. The summed E-state index contributed by atoms with van der Waals surface area (Å²) in [4.78, 5) is 12.6. The van der Waals surface area contributed by atoms with Crippen LogP contribution in [0.4, 0.5) is 11.4 Å². The van der Waals surface area contributed by atoms with Gasteiger partial charge in [-0.2, -0.15) is 29.8 Å². The summed E-state index contributed by atoms with van der Waals surface area (Å²) in [5.41, 5.74) is 2.49. The maximum Gasteiger partial charge on any atom is 0.303 e. The van der Waals surface area contributed by atoms with Crippen LogP contribution in [-0.2, 0) is 64.9 Å². The molecule has 20 heteroatoms. The van der Waals surface area contributed by atoms with Gasteiger partial charge in [-0.1, -0.05) is 30.4 Å². The van der Waals surface area contributed by atoms with Crippen LogP contribution >= 0.6 is 0 Å². The first kappa shape index (κ1) is 52.5. The molecule has 64 heavy (non-hydrogen) atoms. The average Bonchev–Trinajstić information content (AvgIpc) is 3.58. The molecule has 0 aromatic heterocycles. The molecule has 0 amide bonds. The summed E-state index contributed by atoms with van der Waals surface area (Å²) in [6.07, 6.45) is 15.1. The number of hydrogen-bond acceptors (Lipinski definition) is 12. The van der Waals surface area contributed by atoms with Crippen LogP contribution in [-0.4, -0.2) is 133 Å². The Morgan fingerprint density at radius 3 is 1.95 bits per heavy atom. The van der Waals surface area contributed by atoms with Gasteiger partial charge >= 0.3 is 5.97 Å². The normalized spacial score (nSPS) is 19.9. The quantitative estimate of drug-likeness (QED) is 0.0336. The van der Waals surface area contributed by atoms with E-state index in [2.05, 4.69) is 4.90 Å². The number of rotatable bonds is 28. The number of hydrogen-bond donors (Lipinski definition) is 4. The van der Waals surface area contributed by atoms with Gasteiger partial charge < -0.3 is 29.0 Å². The van der Waals surface area contributed by atoms with Crippen LogP contribution in [0.2, 0.25) is 0 Å². The predicted molar refractivity (Wildman–Crippen MR) is 242 cm³/mol. The molecule has 0 spiro atoms. The van der Waals surface area contributed by atoms with Crippen molar-refractivity contribution in [1.29, 1.82) is 0 Å². The maximum atomic E-state index is 12.3. The SMILES string of the molecule is COCCOCCOCCC1(C)C(=CC=CC=CC=CC2=[N+](CCCCCC(=O)O)c3ccc(S(=O)(=O)O)cc3C2(C)CCCS(=O)(=O)O)N(CCOC)c2ccc(S(=O)(=O)O)cc21. The van der Waals surface area contributed by atoms with E-state index in [1.807, 2.05) is 42.7 Å². The molecule has 0 radical (unpaired) electrons. The molecule has 0 fully saturated rings. The average molecular weight is 954 g/mol. The van der Waals surface area contributed by atoms with E-state index in [0.29, 0.717) is 101 Å². The number of unbranched alkanes of at least 4 members (excludes halogenated alkanes) is 2. The number of fused-ring (bicyclic) bond motifs is 2. The van der Waals surface area contributed by atoms with Crippen molar-refractivity contribution < 1.29 is 72.3 Å². The summed E-state index contributed by atoms with van der Waals surface area (Å²) in [7, 11) is -10.2. The van der Waals surface area contributed by atoms with Gasteiger partial charge in [-0.25, -0.2) is 0 Å². The fourth-order valence-electron chi connectivity index (χ4n) is 8.13. The van der Waals surface area contributed by atoms with E-state index in [4.69, 9.17) is 24.1 Å². The number of benzene rings is 2. The molecule has 17 nitrogen and oxygen atoms in total. The van der Waals surface area contributed by atoms with Crippen LogP contribution in [0.5, 0.6) is 0 Å². The standard InChI is InChI=1S/C44H60N2O15S3/c1-43(21-13-31-62(49,50)51)36-32-34(63(52,53)54)17-19-38(36)45(23-12-8-11-16-42(47)48)40(43)14-9-6-5-7-10-15-41-44(2,22-25-60-29-30-61-28-27-59-4)37-33-35(64(55,56)57)18-20-39(37)46(41)24-26-58-3/h5-7,9-10,14-15,17-20,32-33H,8,11-13,16,21-31H2,1-4H3,(H3-,47,48,49,50,51,52,53,54,55,56,57)/p+1. The Balaban J connectivity index is 1.69. The van der Waals surface area contributed by atoms with E-state index in [9.17, 15) is 43.7 Å². The van der Waals surface area contributed by atoms with Crippen molar-refractivity contribution >= 4 is 53.4 Å². The number of carboxylic acids is 1. The first-order valence-corrected chi connectivity index (χ1v) is 25.4. The second-order valence-corrected chi connectivity index (χ2v) is 20.3. The lowest BCUT2D eigenvalue weighted by Crippen LogP contribution is -2.32. The summed E-state index contributed by atoms with van der Waals surface area (Å²) in [5, 5.41) is 9.12. The Morgan fingerprint density at radius 2 is 1.31 bits per heavy atom. The van der Waals surface area contributed by atoms with Gasteiger partial charge in [-0.15, -0.1) is 0 Å². The molecule has 0 saturated carbocycles. The molecule has 4 rings (SSSR count). The number of nitrogens with zero attached hydrogens (tertiary/aromatic N) is 2. The van der Waals surface area contributed by atoms with Crippen LogP contribution in [0.1, 0.15) is 69.9 Å². The first-order valence-electron chi connectivity index (χ1n) is 20.9. The second kappa shape index (κ2) is 23.4. The summed E-state index contributed by atoms with van der Waals surface area (Å²) in [5.74, 6) is -1.42. The topological polar surface area (TPSA) is 244 Å². The minimum atomic E-state index is -4.59. The number of carboxylic acid groups (broad SMARTS) is 1. The van der Waals surface area contributed by atoms with Gasteiger partial charge in [0.05, 0.1) is 54.0 Å². The smallest absolute Gasteiger partial charge is 0.303 e. The monoisotopic (exact) mass is 953 g/mol. The highest BCUT2D eigenvalue weighted by Gasteiger charge is 2.48. The highest BCUT2D eigenvalue weighted by atomic mass is 32.2. The van der Waals surface area contributed by atoms with Gasteiger partial charge in [0.1, 0.15) is 6.54 Å². The van der Waals surface area contributed by atoms with E-state index >= 15 is 0 Å². The van der Waals surface area contributed by atoms with Gasteiger partial charge in [-0.3, -0.25) is 18.5 Å². The van der Waals surface area contributed by atoms with Gasteiger partial charge in [0, 0.05) is 74.7 Å². The molecule has 2 aliphatic rings. The lowest BCUT2D eigenvalue weighted by Gasteiger charge is -2.30. The summed E-state index contributed by atoms with van der Waals surface area (Å²) >= 11 is 0.